The molecule has 2 unspecified atom stereocenters. The standard InChI is InChI=1S/C18H34O4/c1-3-12-16(19)13-10-8-6-5-7-9-11-14-17(20)15-18(21)22-4-2/h6,8,16-17,19-20H,3-5,7,9-15H2,1-2H3/b8-6-. The Bertz CT molecular complexity index is 289. The third kappa shape index (κ3) is 14.1. The van der Waals surface area contributed by atoms with E-state index in [2.05, 4.69) is 19.1 Å². The molecule has 0 bridgehead atoms. The Morgan fingerprint density at radius 3 is 2.36 bits per heavy atom. The second-order valence-electron chi connectivity index (χ2n) is 5.79. The van der Waals surface area contributed by atoms with Gasteiger partial charge in [0, 0.05) is 0 Å². The highest BCUT2D eigenvalue weighted by Crippen LogP contribution is 2.10. The zero-order chi connectivity index (χ0) is 16.6. The maximum atomic E-state index is 11.2. The number of rotatable bonds is 14. The molecule has 0 aromatic heterocycles. The van der Waals surface area contributed by atoms with E-state index in [1.807, 2.05) is 0 Å². The topological polar surface area (TPSA) is 66.8 Å². The highest BCUT2D eigenvalue weighted by Gasteiger charge is 2.10. The van der Waals surface area contributed by atoms with Crippen molar-refractivity contribution in [1.82, 2.24) is 0 Å². The first-order valence-electron chi connectivity index (χ1n) is 8.76. The summed E-state index contributed by atoms with van der Waals surface area (Å²) in [6, 6.07) is 0. The Morgan fingerprint density at radius 1 is 0.955 bits per heavy atom. The Labute approximate surface area is 135 Å². The number of allylic oxidation sites excluding steroid dienone is 2. The summed E-state index contributed by atoms with van der Waals surface area (Å²) in [6.45, 7) is 4.22. The average Bonchev–Trinajstić information content (AvgIpc) is 2.46. The molecule has 0 aliphatic rings. The zero-order valence-electron chi connectivity index (χ0n) is 14.3. The van der Waals surface area contributed by atoms with E-state index in [1.54, 1.807) is 6.92 Å². The summed E-state index contributed by atoms with van der Waals surface area (Å²) in [5, 5.41) is 19.3. The molecule has 0 rings (SSSR count). The van der Waals surface area contributed by atoms with Crippen LogP contribution in [0.5, 0.6) is 0 Å². The van der Waals surface area contributed by atoms with Crippen molar-refractivity contribution in [2.75, 3.05) is 6.61 Å². The molecule has 0 aliphatic heterocycles. The van der Waals surface area contributed by atoms with Crippen LogP contribution in [0.3, 0.4) is 0 Å². The molecule has 4 nitrogen and oxygen atoms in total. The highest BCUT2D eigenvalue weighted by molar-refractivity contribution is 5.69. The van der Waals surface area contributed by atoms with E-state index < -0.39 is 6.10 Å². The summed E-state index contributed by atoms with van der Waals surface area (Å²) in [4.78, 5) is 11.2. The van der Waals surface area contributed by atoms with Gasteiger partial charge in [-0.25, -0.2) is 0 Å². The number of unbranched alkanes of at least 4 members (excludes halogenated alkanes) is 3. The van der Waals surface area contributed by atoms with Gasteiger partial charge in [0.2, 0.25) is 0 Å². The monoisotopic (exact) mass is 314 g/mol. The fraction of sp³-hybridized carbons (Fsp3) is 0.833. The molecule has 0 amide bonds. The third-order valence-electron chi connectivity index (χ3n) is 3.57. The van der Waals surface area contributed by atoms with E-state index in [-0.39, 0.29) is 18.5 Å². The number of hydrogen-bond donors (Lipinski definition) is 2. The Kier molecular flexibility index (Phi) is 14.4. The van der Waals surface area contributed by atoms with E-state index in [1.165, 1.54) is 0 Å². The number of aliphatic hydroxyl groups excluding tert-OH is 2. The van der Waals surface area contributed by atoms with Crippen molar-refractivity contribution in [3.8, 4) is 0 Å². The third-order valence-corrected chi connectivity index (χ3v) is 3.57. The van der Waals surface area contributed by atoms with Crippen molar-refractivity contribution in [1.29, 1.82) is 0 Å². The Morgan fingerprint density at radius 2 is 1.68 bits per heavy atom. The molecule has 22 heavy (non-hydrogen) atoms. The Hall–Kier alpha value is -0.870. The number of hydrogen-bond acceptors (Lipinski definition) is 4. The predicted molar refractivity (Wildman–Crippen MR) is 89.6 cm³/mol. The molecule has 2 atom stereocenters. The minimum Gasteiger partial charge on any atom is -0.466 e. The van der Waals surface area contributed by atoms with E-state index >= 15 is 0 Å². The summed E-state index contributed by atoms with van der Waals surface area (Å²) >= 11 is 0. The molecule has 0 fully saturated rings. The fourth-order valence-corrected chi connectivity index (χ4v) is 2.34. The lowest BCUT2D eigenvalue weighted by atomic mass is 10.1. The van der Waals surface area contributed by atoms with Crippen molar-refractivity contribution in [3.05, 3.63) is 12.2 Å². The van der Waals surface area contributed by atoms with Crippen LogP contribution in [-0.2, 0) is 9.53 Å². The van der Waals surface area contributed by atoms with Crippen LogP contribution < -0.4 is 0 Å². The molecule has 0 saturated carbocycles. The first-order chi connectivity index (χ1) is 10.6. The summed E-state index contributed by atoms with van der Waals surface area (Å²) in [7, 11) is 0. The van der Waals surface area contributed by atoms with Crippen LogP contribution in [-0.4, -0.2) is 35.0 Å². The van der Waals surface area contributed by atoms with Gasteiger partial charge in [0.1, 0.15) is 0 Å². The quantitative estimate of drug-likeness (QED) is 0.291. The maximum absolute atomic E-state index is 11.2. The van der Waals surface area contributed by atoms with Gasteiger partial charge >= 0.3 is 5.97 Å². The van der Waals surface area contributed by atoms with Crippen LogP contribution in [0.25, 0.3) is 0 Å². The lowest BCUT2D eigenvalue weighted by Crippen LogP contribution is -2.15. The van der Waals surface area contributed by atoms with Gasteiger partial charge in [-0.05, 0) is 45.4 Å². The molecule has 4 heteroatoms. The number of ether oxygens (including phenoxy) is 1. The van der Waals surface area contributed by atoms with Crippen molar-refractivity contribution in [2.24, 2.45) is 0 Å². The van der Waals surface area contributed by atoms with Crippen LogP contribution in [0.2, 0.25) is 0 Å². The molecular formula is C18H34O4. The van der Waals surface area contributed by atoms with E-state index in [0.717, 1.165) is 51.4 Å². The number of carbonyl (C=O) groups excluding carboxylic acids is 1. The average molecular weight is 314 g/mol. The molecule has 0 saturated heterocycles. The molecule has 0 aliphatic carbocycles. The minimum absolute atomic E-state index is 0.105. The van der Waals surface area contributed by atoms with Crippen LogP contribution >= 0.6 is 0 Å². The molecule has 0 radical (unpaired) electrons. The van der Waals surface area contributed by atoms with Gasteiger partial charge in [-0.2, -0.15) is 0 Å². The van der Waals surface area contributed by atoms with Crippen molar-refractivity contribution in [2.45, 2.75) is 90.3 Å². The minimum atomic E-state index is -0.574. The summed E-state index contributed by atoms with van der Waals surface area (Å²) in [5.41, 5.74) is 0. The molecule has 130 valence electrons. The van der Waals surface area contributed by atoms with E-state index in [9.17, 15) is 15.0 Å². The molecule has 0 spiro atoms. The van der Waals surface area contributed by atoms with E-state index in [4.69, 9.17) is 4.74 Å². The number of carbonyl (C=O) groups is 1. The van der Waals surface area contributed by atoms with Gasteiger partial charge in [0.05, 0.1) is 25.2 Å². The largest absolute Gasteiger partial charge is 0.466 e. The summed E-state index contributed by atoms with van der Waals surface area (Å²) in [6.07, 6.45) is 12.2. The SMILES string of the molecule is CCCC(O)CC/C=C\CCCCCC(O)CC(=O)OCC. The molecule has 0 aromatic rings. The lowest BCUT2D eigenvalue weighted by molar-refractivity contribution is -0.145. The van der Waals surface area contributed by atoms with Crippen LogP contribution in [0.15, 0.2) is 12.2 Å². The molecule has 0 aromatic carbocycles. The van der Waals surface area contributed by atoms with E-state index in [0.29, 0.717) is 13.0 Å². The highest BCUT2D eigenvalue weighted by atomic mass is 16.5. The van der Waals surface area contributed by atoms with Gasteiger partial charge < -0.3 is 14.9 Å². The molecular weight excluding hydrogens is 280 g/mol. The number of aliphatic hydroxyl groups is 2. The normalized spacial score (nSPS) is 14.2. The predicted octanol–water partition coefficient (Wildman–Crippen LogP) is 3.75. The Balaban J connectivity index is 3.40. The second-order valence-corrected chi connectivity index (χ2v) is 5.79. The second kappa shape index (κ2) is 15.0. The van der Waals surface area contributed by atoms with Crippen molar-refractivity contribution in [3.63, 3.8) is 0 Å². The smallest absolute Gasteiger partial charge is 0.308 e. The zero-order valence-corrected chi connectivity index (χ0v) is 14.3. The van der Waals surface area contributed by atoms with Gasteiger partial charge in [-0.15, -0.1) is 0 Å². The van der Waals surface area contributed by atoms with Crippen molar-refractivity contribution < 1.29 is 19.7 Å². The van der Waals surface area contributed by atoms with Crippen LogP contribution in [0.4, 0.5) is 0 Å². The molecule has 0 heterocycles. The summed E-state index contributed by atoms with van der Waals surface area (Å²) in [5.74, 6) is -0.316. The van der Waals surface area contributed by atoms with Gasteiger partial charge in [-0.1, -0.05) is 38.3 Å². The van der Waals surface area contributed by atoms with Crippen LogP contribution in [0, 0.1) is 0 Å². The first-order valence-corrected chi connectivity index (χ1v) is 8.76. The maximum Gasteiger partial charge on any atom is 0.308 e. The fourth-order valence-electron chi connectivity index (χ4n) is 2.34. The van der Waals surface area contributed by atoms with Gasteiger partial charge in [-0.3, -0.25) is 4.79 Å². The van der Waals surface area contributed by atoms with Crippen molar-refractivity contribution >= 4 is 5.97 Å². The van der Waals surface area contributed by atoms with Gasteiger partial charge in [0.15, 0.2) is 0 Å². The summed E-state index contributed by atoms with van der Waals surface area (Å²) < 4.78 is 4.80. The van der Waals surface area contributed by atoms with Gasteiger partial charge in [0.25, 0.3) is 0 Å². The lowest BCUT2D eigenvalue weighted by Gasteiger charge is -2.09. The first kappa shape index (κ1) is 21.1. The van der Waals surface area contributed by atoms with Crippen LogP contribution in [0.1, 0.15) is 78.1 Å². The number of esters is 1. The molecule has 2 N–H and O–H groups in total.